The molecule has 0 aliphatic heterocycles. The average molecular weight is 287 g/mol. The maximum atomic E-state index is 11.2. The fourth-order valence-electron chi connectivity index (χ4n) is 2.12. The van der Waals surface area contributed by atoms with Gasteiger partial charge in [-0.1, -0.05) is 13.0 Å². The molecule has 5 nitrogen and oxygen atoms in total. The second-order valence-corrected chi connectivity index (χ2v) is 5.42. The van der Waals surface area contributed by atoms with Crippen molar-refractivity contribution in [2.45, 2.75) is 20.3 Å². The van der Waals surface area contributed by atoms with Crippen LogP contribution in [0.15, 0.2) is 18.2 Å². The summed E-state index contributed by atoms with van der Waals surface area (Å²) in [7, 11) is 0. The molecule has 0 saturated heterocycles. The molecule has 0 radical (unpaired) electrons. The minimum atomic E-state index is -0.407. The monoisotopic (exact) mass is 287 g/mol. The molecule has 2 rings (SSSR count). The molecule has 0 fully saturated rings. The largest absolute Gasteiger partial charge is 0.397 e. The number of nitrogens with zero attached hydrogens (tertiary/aromatic N) is 2. The van der Waals surface area contributed by atoms with Gasteiger partial charge >= 0.3 is 0 Å². The molecule has 2 aromatic rings. The minimum Gasteiger partial charge on any atom is -0.397 e. The Morgan fingerprint density at radius 3 is 2.75 bits per heavy atom. The Morgan fingerprint density at radius 2 is 2.20 bits per heavy atom. The smallest absolute Gasteiger partial charge is 0.278 e. The lowest BCUT2D eigenvalue weighted by Gasteiger charge is -2.05. The van der Waals surface area contributed by atoms with E-state index in [2.05, 4.69) is 0 Å². The number of nitro groups is 1. The van der Waals surface area contributed by atoms with Crippen LogP contribution in [0.4, 0.5) is 11.4 Å². The highest BCUT2D eigenvalue weighted by Gasteiger charge is 2.22. The molecule has 0 saturated carbocycles. The van der Waals surface area contributed by atoms with Gasteiger partial charge in [-0.2, -0.15) is 5.26 Å². The third-order valence-corrected chi connectivity index (χ3v) is 4.28. The molecule has 20 heavy (non-hydrogen) atoms. The number of thiophene rings is 1. The molecule has 0 spiro atoms. The second kappa shape index (κ2) is 5.31. The normalized spacial score (nSPS) is 10.2. The summed E-state index contributed by atoms with van der Waals surface area (Å²) in [5.41, 5.74) is 8.69. The summed E-state index contributed by atoms with van der Waals surface area (Å²) in [5, 5.41) is 20.3. The molecule has 102 valence electrons. The van der Waals surface area contributed by atoms with E-state index in [1.165, 1.54) is 17.4 Å². The molecule has 2 N–H and O–H groups in total. The standard InChI is InChI=1S/C14H13N3O2S/c1-3-9-13(16)12(7-15)20-14(9)10-6-8(2)4-5-11(10)17(18)19/h4-6H,3,16H2,1-2H3. The van der Waals surface area contributed by atoms with Gasteiger partial charge in [-0.3, -0.25) is 10.1 Å². The summed E-state index contributed by atoms with van der Waals surface area (Å²) in [6, 6.07) is 7.01. The van der Waals surface area contributed by atoms with Gasteiger partial charge in [-0.05, 0) is 30.5 Å². The summed E-state index contributed by atoms with van der Waals surface area (Å²) in [6.07, 6.45) is 0.629. The van der Waals surface area contributed by atoms with Crippen LogP contribution in [0.3, 0.4) is 0 Å². The fraction of sp³-hybridized carbons (Fsp3) is 0.214. The number of aryl methyl sites for hydroxylation is 1. The van der Waals surface area contributed by atoms with Crippen molar-refractivity contribution in [3.05, 3.63) is 44.3 Å². The molecule has 0 aliphatic rings. The van der Waals surface area contributed by atoms with E-state index in [0.29, 0.717) is 22.5 Å². The molecule has 0 amide bonds. The van der Waals surface area contributed by atoms with Crippen LogP contribution in [0.2, 0.25) is 0 Å². The van der Waals surface area contributed by atoms with E-state index in [4.69, 9.17) is 11.0 Å². The highest BCUT2D eigenvalue weighted by Crippen LogP contribution is 2.42. The van der Waals surface area contributed by atoms with Crippen LogP contribution >= 0.6 is 11.3 Å². The Labute approximate surface area is 120 Å². The number of hydrogen-bond donors (Lipinski definition) is 1. The first-order valence-electron chi connectivity index (χ1n) is 6.06. The maximum Gasteiger partial charge on any atom is 0.278 e. The van der Waals surface area contributed by atoms with Crippen LogP contribution < -0.4 is 5.73 Å². The van der Waals surface area contributed by atoms with Crippen molar-refractivity contribution in [2.24, 2.45) is 0 Å². The molecule has 0 unspecified atom stereocenters. The first-order valence-corrected chi connectivity index (χ1v) is 6.87. The van der Waals surface area contributed by atoms with E-state index < -0.39 is 4.92 Å². The van der Waals surface area contributed by atoms with Crippen LogP contribution in [0.25, 0.3) is 10.4 Å². The number of rotatable bonds is 3. The lowest BCUT2D eigenvalue weighted by Crippen LogP contribution is -1.95. The summed E-state index contributed by atoms with van der Waals surface area (Å²) < 4.78 is 0. The number of hydrogen-bond acceptors (Lipinski definition) is 5. The summed E-state index contributed by atoms with van der Waals surface area (Å²) in [6.45, 7) is 3.80. The first kappa shape index (κ1) is 14.0. The zero-order chi connectivity index (χ0) is 14.9. The predicted octanol–water partition coefficient (Wildman–Crippen LogP) is 3.65. The molecular weight excluding hydrogens is 274 g/mol. The van der Waals surface area contributed by atoms with Crippen molar-refractivity contribution in [3.8, 4) is 16.5 Å². The quantitative estimate of drug-likeness (QED) is 0.688. The van der Waals surface area contributed by atoms with Gasteiger partial charge in [-0.15, -0.1) is 11.3 Å². The zero-order valence-corrected chi connectivity index (χ0v) is 12.0. The van der Waals surface area contributed by atoms with Crippen LogP contribution in [-0.4, -0.2) is 4.92 Å². The van der Waals surface area contributed by atoms with E-state index in [1.807, 2.05) is 19.9 Å². The second-order valence-electron chi connectivity index (χ2n) is 4.40. The van der Waals surface area contributed by atoms with Crippen molar-refractivity contribution in [1.82, 2.24) is 0 Å². The number of anilines is 1. The lowest BCUT2D eigenvalue weighted by atomic mass is 10.0. The van der Waals surface area contributed by atoms with Crippen molar-refractivity contribution in [1.29, 1.82) is 5.26 Å². The molecule has 0 aliphatic carbocycles. The Hall–Kier alpha value is -2.39. The Kier molecular flexibility index (Phi) is 3.72. The molecule has 1 aromatic carbocycles. The van der Waals surface area contributed by atoms with E-state index in [9.17, 15) is 10.1 Å². The van der Waals surface area contributed by atoms with Crippen LogP contribution in [0.1, 0.15) is 22.9 Å². The molecular formula is C14H13N3O2S. The van der Waals surface area contributed by atoms with Gasteiger partial charge in [0.25, 0.3) is 5.69 Å². The third-order valence-electron chi connectivity index (χ3n) is 3.10. The first-order chi connectivity index (χ1) is 9.49. The van der Waals surface area contributed by atoms with Gasteiger partial charge in [-0.25, -0.2) is 0 Å². The summed E-state index contributed by atoms with van der Waals surface area (Å²) in [4.78, 5) is 11.9. The number of nitrogens with two attached hydrogens (primary N) is 1. The van der Waals surface area contributed by atoms with Gasteiger partial charge in [0.2, 0.25) is 0 Å². The molecule has 1 heterocycles. The van der Waals surface area contributed by atoms with Crippen molar-refractivity contribution in [2.75, 3.05) is 5.73 Å². The summed E-state index contributed by atoms with van der Waals surface area (Å²) >= 11 is 1.21. The van der Waals surface area contributed by atoms with E-state index in [1.54, 1.807) is 12.1 Å². The van der Waals surface area contributed by atoms with Crippen molar-refractivity contribution >= 4 is 22.7 Å². The molecule has 0 bridgehead atoms. The topological polar surface area (TPSA) is 93.0 Å². The third kappa shape index (κ3) is 2.24. The minimum absolute atomic E-state index is 0.0380. The van der Waals surface area contributed by atoms with Crippen molar-refractivity contribution < 1.29 is 4.92 Å². The number of nitrogen functional groups attached to an aromatic ring is 1. The van der Waals surface area contributed by atoms with E-state index >= 15 is 0 Å². The van der Waals surface area contributed by atoms with Gasteiger partial charge < -0.3 is 5.73 Å². The van der Waals surface area contributed by atoms with Gasteiger partial charge in [0.1, 0.15) is 10.9 Å². The maximum absolute atomic E-state index is 11.2. The van der Waals surface area contributed by atoms with Gasteiger partial charge in [0.05, 0.1) is 16.2 Å². The predicted molar refractivity (Wildman–Crippen MR) is 79.7 cm³/mol. The average Bonchev–Trinajstić information content (AvgIpc) is 2.74. The highest BCUT2D eigenvalue weighted by molar-refractivity contribution is 7.16. The van der Waals surface area contributed by atoms with Crippen LogP contribution in [0.5, 0.6) is 0 Å². The Balaban J connectivity index is 2.78. The Bertz CT molecular complexity index is 729. The molecule has 1 aromatic heterocycles. The van der Waals surface area contributed by atoms with Gasteiger partial charge in [0.15, 0.2) is 0 Å². The fourth-order valence-corrected chi connectivity index (χ4v) is 3.25. The van der Waals surface area contributed by atoms with E-state index in [-0.39, 0.29) is 5.69 Å². The number of nitro benzene ring substituents is 1. The van der Waals surface area contributed by atoms with Crippen LogP contribution in [0, 0.1) is 28.4 Å². The molecule has 6 heteroatoms. The highest BCUT2D eigenvalue weighted by atomic mass is 32.1. The van der Waals surface area contributed by atoms with Gasteiger partial charge in [0, 0.05) is 10.9 Å². The molecule has 0 atom stereocenters. The van der Waals surface area contributed by atoms with Crippen molar-refractivity contribution in [3.63, 3.8) is 0 Å². The summed E-state index contributed by atoms with van der Waals surface area (Å²) in [5.74, 6) is 0. The lowest BCUT2D eigenvalue weighted by molar-refractivity contribution is -0.384. The Morgan fingerprint density at radius 1 is 1.50 bits per heavy atom. The zero-order valence-electron chi connectivity index (χ0n) is 11.1. The van der Waals surface area contributed by atoms with E-state index in [0.717, 1.165) is 16.0 Å². The number of nitriles is 1. The SMILES string of the molecule is CCc1c(-c2cc(C)ccc2[N+](=O)[O-])sc(C#N)c1N. The number of benzene rings is 1. The van der Waals surface area contributed by atoms with Crippen LogP contribution in [-0.2, 0) is 6.42 Å².